The number of hydrogen-bond donors (Lipinski definition) is 2. The molecule has 0 aliphatic heterocycles. The van der Waals surface area contributed by atoms with Gasteiger partial charge in [0.1, 0.15) is 11.5 Å². The molecule has 28 heavy (non-hydrogen) atoms. The Morgan fingerprint density at radius 3 is 2.39 bits per heavy atom. The minimum atomic E-state index is -3.24. The van der Waals surface area contributed by atoms with Gasteiger partial charge in [-0.3, -0.25) is 4.79 Å². The highest BCUT2D eigenvalue weighted by atomic mass is 32.2. The molecule has 0 aliphatic carbocycles. The van der Waals surface area contributed by atoms with Gasteiger partial charge >= 0.3 is 0 Å². The van der Waals surface area contributed by atoms with Crippen LogP contribution in [0.2, 0.25) is 0 Å². The van der Waals surface area contributed by atoms with Crippen molar-refractivity contribution >= 4 is 27.2 Å². The Kier molecular flexibility index (Phi) is 5.19. The monoisotopic (exact) mass is 399 g/mol. The van der Waals surface area contributed by atoms with Crippen molar-refractivity contribution in [1.82, 2.24) is 14.5 Å². The van der Waals surface area contributed by atoms with Crippen LogP contribution in [0.3, 0.4) is 0 Å². The number of carbonyl (C=O) groups is 1. The van der Waals surface area contributed by atoms with E-state index in [1.807, 2.05) is 24.6 Å². The van der Waals surface area contributed by atoms with Gasteiger partial charge in [0.05, 0.1) is 11.4 Å². The maximum absolute atomic E-state index is 12.4. The molecule has 3 N–H and O–H groups in total. The average Bonchev–Trinajstić information content (AvgIpc) is 2.93. The summed E-state index contributed by atoms with van der Waals surface area (Å²) >= 11 is 0. The van der Waals surface area contributed by atoms with E-state index >= 15 is 0 Å². The number of anilines is 2. The molecule has 8 nitrogen and oxygen atoms in total. The number of hydrogen-bond acceptors (Lipinski definition) is 6. The molecule has 3 rings (SSSR count). The van der Waals surface area contributed by atoms with Crippen LogP contribution in [-0.4, -0.2) is 35.1 Å². The van der Waals surface area contributed by atoms with Crippen LogP contribution in [0.25, 0.3) is 11.4 Å². The summed E-state index contributed by atoms with van der Waals surface area (Å²) in [7, 11) is -1.40. The molecule has 0 aliphatic rings. The van der Waals surface area contributed by atoms with Gasteiger partial charge in [-0.25, -0.2) is 18.4 Å². The number of amides is 1. The van der Waals surface area contributed by atoms with E-state index in [1.165, 1.54) is 6.07 Å². The zero-order chi connectivity index (χ0) is 20.5. The summed E-state index contributed by atoms with van der Waals surface area (Å²) in [6, 6.07) is 12.0. The van der Waals surface area contributed by atoms with Crippen LogP contribution in [0.4, 0.5) is 11.5 Å². The van der Waals surface area contributed by atoms with Gasteiger partial charge in [-0.05, 0) is 43.3 Å². The number of rotatable bonds is 5. The van der Waals surface area contributed by atoms with Gasteiger partial charge in [0.15, 0.2) is 15.7 Å². The zero-order valence-corrected chi connectivity index (χ0v) is 16.6. The number of nitrogens with zero attached hydrogens (tertiary/aromatic N) is 3. The lowest BCUT2D eigenvalue weighted by Gasteiger charge is -2.09. The first-order chi connectivity index (χ1) is 13.1. The van der Waals surface area contributed by atoms with Crippen LogP contribution in [0.5, 0.6) is 0 Å². The summed E-state index contributed by atoms with van der Waals surface area (Å²) in [5.74, 6) is 0.102. The maximum atomic E-state index is 12.4. The highest BCUT2D eigenvalue weighted by Crippen LogP contribution is 2.21. The third kappa shape index (κ3) is 4.55. The molecular formula is C19H21N5O3S. The molecule has 0 fully saturated rings. The van der Waals surface area contributed by atoms with Gasteiger partial charge in [0, 0.05) is 36.3 Å². The number of aryl methyl sites for hydroxylation is 1. The Morgan fingerprint density at radius 1 is 1.14 bits per heavy atom. The second-order valence-corrected chi connectivity index (χ2v) is 8.77. The van der Waals surface area contributed by atoms with Gasteiger partial charge in [-0.1, -0.05) is 0 Å². The molecule has 0 atom stereocenters. The minimum Gasteiger partial charge on any atom is -0.384 e. The van der Waals surface area contributed by atoms with E-state index in [2.05, 4.69) is 15.3 Å². The fraction of sp³-hybridized carbons (Fsp3) is 0.211. The molecule has 2 aromatic heterocycles. The van der Waals surface area contributed by atoms with Crippen molar-refractivity contribution in [3.05, 3.63) is 59.5 Å². The fourth-order valence-electron chi connectivity index (χ4n) is 2.73. The molecule has 0 spiro atoms. The van der Waals surface area contributed by atoms with Crippen LogP contribution < -0.4 is 11.1 Å². The SMILES string of the molecule is Cc1ccc(C(=O)Nc2ccc(-c3nc(N)cc(CS(C)(=O)=O)n3)cc2)n1C. The van der Waals surface area contributed by atoms with Crippen molar-refractivity contribution in [2.24, 2.45) is 7.05 Å². The van der Waals surface area contributed by atoms with E-state index in [0.29, 0.717) is 28.5 Å². The largest absolute Gasteiger partial charge is 0.384 e. The van der Waals surface area contributed by atoms with Gasteiger partial charge in [-0.15, -0.1) is 0 Å². The van der Waals surface area contributed by atoms with Gasteiger partial charge in [-0.2, -0.15) is 0 Å². The van der Waals surface area contributed by atoms with Crippen LogP contribution >= 0.6 is 0 Å². The van der Waals surface area contributed by atoms with Gasteiger partial charge < -0.3 is 15.6 Å². The average molecular weight is 399 g/mol. The summed E-state index contributed by atoms with van der Waals surface area (Å²) in [6.07, 6.45) is 1.14. The van der Waals surface area contributed by atoms with Crippen molar-refractivity contribution < 1.29 is 13.2 Å². The van der Waals surface area contributed by atoms with Crippen molar-refractivity contribution in [1.29, 1.82) is 0 Å². The van der Waals surface area contributed by atoms with Crippen LogP contribution in [-0.2, 0) is 22.6 Å². The molecule has 1 amide bonds. The lowest BCUT2D eigenvalue weighted by Crippen LogP contribution is -2.15. The second kappa shape index (κ2) is 7.43. The summed E-state index contributed by atoms with van der Waals surface area (Å²) in [4.78, 5) is 20.8. The molecule has 3 aromatic rings. The molecule has 0 saturated heterocycles. The van der Waals surface area contributed by atoms with E-state index in [1.54, 1.807) is 30.3 Å². The highest BCUT2D eigenvalue weighted by Gasteiger charge is 2.13. The Labute approximate surface area is 163 Å². The predicted octanol–water partition coefficient (Wildman–Crippen LogP) is 2.17. The van der Waals surface area contributed by atoms with Crippen LogP contribution in [0.1, 0.15) is 21.9 Å². The van der Waals surface area contributed by atoms with Crippen LogP contribution in [0.15, 0.2) is 42.5 Å². The standard InChI is InChI=1S/C19H21N5O3S/c1-12-4-9-16(24(12)2)19(25)22-14-7-5-13(6-8-14)18-21-15(10-17(20)23-18)11-28(3,26)27/h4-10H,11H2,1-3H3,(H,22,25)(H2,20,21,23). The first kappa shape index (κ1) is 19.6. The number of benzene rings is 1. The van der Waals surface area contributed by atoms with Gasteiger partial charge in [0.2, 0.25) is 0 Å². The minimum absolute atomic E-state index is 0.195. The first-order valence-electron chi connectivity index (χ1n) is 8.47. The van der Waals surface area contributed by atoms with E-state index in [4.69, 9.17) is 5.73 Å². The second-order valence-electron chi connectivity index (χ2n) is 6.63. The number of aromatic nitrogens is 3. The fourth-order valence-corrected chi connectivity index (χ4v) is 3.41. The summed E-state index contributed by atoms with van der Waals surface area (Å²) < 4.78 is 24.8. The predicted molar refractivity (Wildman–Crippen MR) is 109 cm³/mol. The first-order valence-corrected chi connectivity index (χ1v) is 10.5. The molecule has 0 bridgehead atoms. The molecule has 0 unspecified atom stereocenters. The highest BCUT2D eigenvalue weighted by molar-refractivity contribution is 7.89. The Bertz CT molecular complexity index is 1130. The lowest BCUT2D eigenvalue weighted by atomic mass is 10.2. The lowest BCUT2D eigenvalue weighted by molar-refractivity contribution is 0.101. The quantitative estimate of drug-likeness (QED) is 0.678. The van der Waals surface area contributed by atoms with E-state index < -0.39 is 9.84 Å². The van der Waals surface area contributed by atoms with Gasteiger partial charge in [0.25, 0.3) is 5.91 Å². The summed E-state index contributed by atoms with van der Waals surface area (Å²) in [5, 5.41) is 2.84. The molecule has 0 saturated carbocycles. The Morgan fingerprint density at radius 2 is 1.82 bits per heavy atom. The number of carbonyl (C=O) groups excluding carboxylic acids is 1. The zero-order valence-electron chi connectivity index (χ0n) is 15.8. The molecular weight excluding hydrogens is 378 g/mol. The summed E-state index contributed by atoms with van der Waals surface area (Å²) in [6.45, 7) is 1.93. The van der Waals surface area contributed by atoms with Crippen molar-refractivity contribution in [3.63, 3.8) is 0 Å². The normalized spacial score (nSPS) is 11.4. The molecule has 0 radical (unpaired) electrons. The molecule has 146 valence electrons. The molecule has 9 heteroatoms. The maximum Gasteiger partial charge on any atom is 0.272 e. The Balaban J connectivity index is 1.81. The van der Waals surface area contributed by atoms with E-state index in [9.17, 15) is 13.2 Å². The number of sulfone groups is 1. The van der Waals surface area contributed by atoms with Crippen molar-refractivity contribution in [2.45, 2.75) is 12.7 Å². The van der Waals surface area contributed by atoms with Crippen LogP contribution in [0, 0.1) is 6.92 Å². The smallest absolute Gasteiger partial charge is 0.272 e. The number of nitrogens with two attached hydrogens (primary N) is 1. The summed E-state index contributed by atoms with van der Waals surface area (Å²) in [5.41, 5.74) is 8.95. The van der Waals surface area contributed by atoms with Crippen molar-refractivity contribution in [2.75, 3.05) is 17.3 Å². The third-order valence-electron chi connectivity index (χ3n) is 4.22. The van der Waals surface area contributed by atoms with Crippen molar-refractivity contribution in [3.8, 4) is 11.4 Å². The Hall–Kier alpha value is -3.20. The topological polar surface area (TPSA) is 120 Å². The molecule has 1 aromatic carbocycles. The van der Waals surface area contributed by atoms with E-state index in [0.717, 1.165) is 11.9 Å². The third-order valence-corrected chi connectivity index (χ3v) is 5.04. The molecule has 2 heterocycles. The number of nitrogen functional groups attached to an aromatic ring is 1. The van der Waals surface area contributed by atoms with E-state index in [-0.39, 0.29) is 17.5 Å². The number of nitrogens with one attached hydrogen (secondary N) is 1.